The third-order valence-corrected chi connectivity index (χ3v) is 7.65. The summed E-state index contributed by atoms with van der Waals surface area (Å²) in [6.07, 6.45) is 9.62. The predicted molar refractivity (Wildman–Crippen MR) is 153 cm³/mol. The van der Waals surface area contributed by atoms with E-state index in [9.17, 15) is 14.4 Å². The van der Waals surface area contributed by atoms with Gasteiger partial charge < -0.3 is 0 Å². The van der Waals surface area contributed by atoms with Crippen molar-refractivity contribution in [1.29, 1.82) is 0 Å². The minimum Gasteiger partial charge on any atom is -0.300 e. The molecule has 204 valence electrons. The van der Waals surface area contributed by atoms with Crippen molar-refractivity contribution in [3.63, 3.8) is 0 Å². The van der Waals surface area contributed by atoms with E-state index in [1.54, 1.807) is 0 Å². The molecule has 0 saturated carbocycles. The molecule has 3 heteroatoms. The Labute approximate surface area is 222 Å². The van der Waals surface area contributed by atoms with Crippen molar-refractivity contribution in [1.82, 2.24) is 0 Å². The SMILES string of the molecule is CCC.CCCC(CC1CC(=O)c2c(C)c(CCC(C)C)cc(CC)c2C1)C(CC)C(=O)CC(C)=O. The number of ketones is 3. The molecule has 1 aromatic carbocycles. The lowest BCUT2D eigenvalue weighted by Crippen LogP contribution is -2.30. The van der Waals surface area contributed by atoms with E-state index < -0.39 is 0 Å². The molecule has 0 saturated heterocycles. The second-order valence-electron chi connectivity index (χ2n) is 11.5. The highest BCUT2D eigenvalue weighted by molar-refractivity contribution is 6.01. The van der Waals surface area contributed by atoms with Gasteiger partial charge in [-0.1, -0.05) is 73.8 Å². The summed E-state index contributed by atoms with van der Waals surface area (Å²) in [4.78, 5) is 37.8. The summed E-state index contributed by atoms with van der Waals surface area (Å²) >= 11 is 0. The van der Waals surface area contributed by atoms with Crippen LogP contribution in [0.1, 0.15) is 139 Å². The van der Waals surface area contributed by atoms with Gasteiger partial charge in [0, 0.05) is 17.9 Å². The van der Waals surface area contributed by atoms with Crippen molar-refractivity contribution in [3.8, 4) is 0 Å². The van der Waals surface area contributed by atoms with Crippen LogP contribution in [0.2, 0.25) is 0 Å². The highest BCUT2D eigenvalue weighted by Gasteiger charge is 2.34. The maximum Gasteiger partial charge on any atom is 0.163 e. The molecule has 0 spiro atoms. The van der Waals surface area contributed by atoms with Gasteiger partial charge in [-0.3, -0.25) is 14.4 Å². The molecule has 0 aromatic heterocycles. The molecule has 0 heterocycles. The number of hydrogen-bond donors (Lipinski definition) is 0. The van der Waals surface area contributed by atoms with Gasteiger partial charge in [0.25, 0.3) is 0 Å². The number of hydrogen-bond acceptors (Lipinski definition) is 3. The number of aryl methyl sites for hydroxylation is 2. The van der Waals surface area contributed by atoms with Crippen LogP contribution in [0.15, 0.2) is 6.07 Å². The third-order valence-electron chi connectivity index (χ3n) is 7.65. The van der Waals surface area contributed by atoms with E-state index in [4.69, 9.17) is 0 Å². The Morgan fingerprint density at radius 3 is 2.14 bits per heavy atom. The summed E-state index contributed by atoms with van der Waals surface area (Å²) in [5.74, 6) is 1.44. The van der Waals surface area contributed by atoms with Crippen LogP contribution in [-0.4, -0.2) is 17.3 Å². The summed E-state index contributed by atoms with van der Waals surface area (Å²) in [5, 5.41) is 0. The highest BCUT2D eigenvalue weighted by Crippen LogP contribution is 2.38. The molecule has 1 aromatic rings. The molecule has 0 fully saturated rings. The number of benzene rings is 1. The molecular weight excluding hydrogens is 444 g/mol. The maximum absolute atomic E-state index is 13.4. The maximum atomic E-state index is 13.4. The predicted octanol–water partition coefficient (Wildman–Crippen LogP) is 8.69. The van der Waals surface area contributed by atoms with E-state index in [-0.39, 0.29) is 35.7 Å². The number of Topliss-reactive ketones (excluding diaryl/α,β-unsaturated/α-hetero) is 3. The smallest absolute Gasteiger partial charge is 0.163 e. The van der Waals surface area contributed by atoms with Crippen LogP contribution in [-0.2, 0) is 28.9 Å². The number of rotatable bonds is 13. The molecule has 0 aliphatic heterocycles. The number of fused-ring (bicyclic) bond motifs is 1. The van der Waals surface area contributed by atoms with Crippen LogP contribution < -0.4 is 0 Å². The second-order valence-corrected chi connectivity index (χ2v) is 11.5. The minimum absolute atomic E-state index is 0.0451. The fraction of sp³-hybridized carbons (Fsp3) is 0.727. The zero-order chi connectivity index (χ0) is 27.4. The summed E-state index contributed by atoms with van der Waals surface area (Å²) in [5.41, 5.74) is 6.13. The van der Waals surface area contributed by atoms with Crippen molar-refractivity contribution in [3.05, 3.63) is 33.9 Å². The van der Waals surface area contributed by atoms with Gasteiger partial charge in [0.2, 0.25) is 0 Å². The van der Waals surface area contributed by atoms with E-state index in [2.05, 4.69) is 61.5 Å². The summed E-state index contributed by atoms with van der Waals surface area (Å²) in [6, 6.07) is 2.36. The van der Waals surface area contributed by atoms with E-state index in [1.807, 2.05) is 0 Å². The van der Waals surface area contributed by atoms with Crippen molar-refractivity contribution in [2.75, 3.05) is 0 Å². The summed E-state index contributed by atoms with van der Waals surface area (Å²) in [6.45, 7) is 18.8. The quantitative estimate of drug-likeness (QED) is 0.256. The van der Waals surface area contributed by atoms with Crippen molar-refractivity contribution < 1.29 is 14.4 Å². The third kappa shape index (κ3) is 9.27. The van der Waals surface area contributed by atoms with Gasteiger partial charge in [-0.15, -0.1) is 0 Å². The van der Waals surface area contributed by atoms with E-state index in [0.29, 0.717) is 18.1 Å². The fourth-order valence-electron chi connectivity index (χ4n) is 5.96. The van der Waals surface area contributed by atoms with Gasteiger partial charge in [0.05, 0.1) is 6.42 Å². The van der Waals surface area contributed by atoms with E-state index >= 15 is 0 Å². The normalized spacial score (nSPS) is 16.7. The Morgan fingerprint density at radius 1 is 1.00 bits per heavy atom. The van der Waals surface area contributed by atoms with Gasteiger partial charge >= 0.3 is 0 Å². The zero-order valence-corrected chi connectivity index (χ0v) is 24.9. The van der Waals surface area contributed by atoms with Crippen LogP contribution in [0.25, 0.3) is 0 Å². The minimum atomic E-state index is -0.0730. The Kier molecular flexibility index (Phi) is 14.5. The molecular formula is C33H54O3. The summed E-state index contributed by atoms with van der Waals surface area (Å²) in [7, 11) is 0. The molecule has 0 amide bonds. The molecule has 1 aliphatic carbocycles. The average molecular weight is 499 g/mol. The zero-order valence-electron chi connectivity index (χ0n) is 24.9. The molecule has 0 N–H and O–H groups in total. The number of carbonyl (C=O) groups is 3. The molecule has 0 radical (unpaired) electrons. The van der Waals surface area contributed by atoms with Crippen LogP contribution >= 0.6 is 0 Å². The van der Waals surface area contributed by atoms with Gasteiger partial charge in [-0.2, -0.15) is 0 Å². The Bertz CT molecular complexity index is 864. The highest BCUT2D eigenvalue weighted by atomic mass is 16.1. The molecule has 36 heavy (non-hydrogen) atoms. The Morgan fingerprint density at radius 2 is 1.64 bits per heavy atom. The molecule has 3 atom stereocenters. The average Bonchev–Trinajstić information content (AvgIpc) is 2.79. The lowest BCUT2D eigenvalue weighted by Gasteiger charge is -2.33. The lowest BCUT2D eigenvalue weighted by atomic mass is 9.70. The first-order valence-corrected chi connectivity index (χ1v) is 14.7. The molecule has 3 nitrogen and oxygen atoms in total. The largest absolute Gasteiger partial charge is 0.300 e. The van der Waals surface area contributed by atoms with Gasteiger partial charge in [0.15, 0.2) is 5.78 Å². The van der Waals surface area contributed by atoms with Crippen LogP contribution in [0.4, 0.5) is 0 Å². The van der Waals surface area contributed by atoms with Crippen LogP contribution in [0, 0.1) is 30.6 Å². The first-order chi connectivity index (χ1) is 17.0. The monoisotopic (exact) mass is 498 g/mol. The first-order valence-electron chi connectivity index (χ1n) is 14.7. The van der Waals surface area contributed by atoms with E-state index in [1.165, 1.54) is 35.6 Å². The second kappa shape index (κ2) is 16.2. The van der Waals surface area contributed by atoms with Gasteiger partial charge in [0.1, 0.15) is 11.6 Å². The van der Waals surface area contributed by atoms with Crippen molar-refractivity contribution in [2.45, 2.75) is 133 Å². The van der Waals surface area contributed by atoms with Crippen molar-refractivity contribution in [2.24, 2.45) is 23.7 Å². The van der Waals surface area contributed by atoms with E-state index in [0.717, 1.165) is 56.9 Å². The van der Waals surface area contributed by atoms with Gasteiger partial charge in [-0.25, -0.2) is 0 Å². The standard InChI is InChI=1S/C30H46O3.C3H8/c1-8-11-25(26(10-3)28(32)14-20(6)31)15-22-16-27-23(9-2)18-24(13-12-19(4)5)21(7)30(27)29(33)17-22;1-3-2/h18-19,22,25-26H,8-17H2,1-7H3;3H2,1-2H3. The first kappa shape index (κ1) is 32.3. The number of carbonyl (C=O) groups excluding carboxylic acids is 3. The molecule has 1 aliphatic rings. The fourth-order valence-corrected chi connectivity index (χ4v) is 5.96. The van der Waals surface area contributed by atoms with Crippen molar-refractivity contribution >= 4 is 17.3 Å². The Balaban J connectivity index is 0.00000205. The lowest BCUT2D eigenvalue weighted by molar-refractivity contribution is -0.129. The summed E-state index contributed by atoms with van der Waals surface area (Å²) < 4.78 is 0. The molecule has 0 bridgehead atoms. The van der Waals surface area contributed by atoms with Crippen LogP contribution in [0.3, 0.4) is 0 Å². The topological polar surface area (TPSA) is 51.2 Å². The van der Waals surface area contributed by atoms with Gasteiger partial charge in [-0.05, 0) is 92.4 Å². The molecule has 2 rings (SSSR count). The molecule has 3 unspecified atom stereocenters. The Hall–Kier alpha value is -1.77. The van der Waals surface area contributed by atoms with Crippen LogP contribution in [0.5, 0.6) is 0 Å².